The minimum atomic E-state index is -0.182. The Morgan fingerprint density at radius 3 is 2.26 bits per heavy atom. The molecule has 1 amide bonds. The summed E-state index contributed by atoms with van der Waals surface area (Å²) in [6.07, 6.45) is 3.29. The van der Waals surface area contributed by atoms with Crippen LogP contribution in [-0.4, -0.2) is 15.9 Å². The van der Waals surface area contributed by atoms with E-state index in [1.807, 2.05) is 49.4 Å². The van der Waals surface area contributed by atoms with E-state index in [-0.39, 0.29) is 5.91 Å². The van der Waals surface area contributed by atoms with Crippen molar-refractivity contribution in [1.82, 2.24) is 9.97 Å². The number of anilines is 3. The Morgan fingerprint density at radius 1 is 0.870 bits per heavy atom. The fraction of sp³-hybridized carbons (Fsp3) is 0.0556. The highest BCUT2D eigenvalue weighted by Crippen LogP contribution is 2.21. The number of rotatable bonds is 4. The minimum absolute atomic E-state index is 0.182. The molecule has 2 N–H and O–H groups in total. The van der Waals surface area contributed by atoms with Gasteiger partial charge in [-0.05, 0) is 36.8 Å². The van der Waals surface area contributed by atoms with Crippen molar-refractivity contribution in [3.8, 4) is 0 Å². The molecule has 114 valence electrons. The number of nitrogens with one attached hydrogen (secondary N) is 2. The van der Waals surface area contributed by atoms with E-state index in [1.165, 1.54) is 0 Å². The van der Waals surface area contributed by atoms with Crippen molar-refractivity contribution in [3.05, 3.63) is 78.1 Å². The van der Waals surface area contributed by atoms with Gasteiger partial charge in [0, 0.05) is 18.1 Å². The molecular formula is C18H16N4O. The summed E-state index contributed by atoms with van der Waals surface area (Å²) < 4.78 is 0. The molecule has 3 aromatic rings. The number of aryl methyl sites for hydroxylation is 1. The first-order valence-corrected chi connectivity index (χ1v) is 7.24. The number of nitrogens with zero attached hydrogens (tertiary/aromatic N) is 2. The van der Waals surface area contributed by atoms with Crippen molar-refractivity contribution in [2.75, 3.05) is 10.6 Å². The van der Waals surface area contributed by atoms with Gasteiger partial charge in [0.25, 0.3) is 5.91 Å². The number of aromatic nitrogens is 2. The highest BCUT2D eigenvalue weighted by molar-refractivity contribution is 6.08. The van der Waals surface area contributed by atoms with Gasteiger partial charge in [0.05, 0.1) is 11.3 Å². The third-order valence-corrected chi connectivity index (χ3v) is 3.38. The Bertz CT molecular complexity index is 818. The number of benzene rings is 2. The maximum Gasteiger partial charge on any atom is 0.257 e. The molecule has 23 heavy (non-hydrogen) atoms. The van der Waals surface area contributed by atoms with E-state index >= 15 is 0 Å². The molecule has 0 aliphatic carbocycles. The van der Waals surface area contributed by atoms with E-state index in [0.29, 0.717) is 17.2 Å². The molecule has 1 heterocycles. The van der Waals surface area contributed by atoms with Crippen LogP contribution in [0, 0.1) is 6.92 Å². The second-order valence-corrected chi connectivity index (χ2v) is 5.01. The smallest absolute Gasteiger partial charge is 0.257 e. The average Bonchev–Trinajstić information content (AvgIpc) is 2.58. The highest BCUT2D eigenvalue weighted by atomic mass is 16.1. The van der Waals surface area contributed by atoms with Crippen LogP contribution in [0.2, 0.25) is 0 Å². The van der Waals surface area contributed by atoms with E-state index in [4.69, 9.17) is 0 Å². The van der Waals surface area contributed by atoms with Gasteiger partial charge in [0.1, 0.15) is 0 Å². The van der Waals surface area contributed by atoms with Gasteiger partial charge >= 0.3 is 0 Å². The molecule has 0 fully saturated rings. The van der Waals surface area contributed by atoms with Gasteiger partial charge in [-0.25, -0.2) is 9.97 Å². The maximum atomic E-state index is 12.6. The van der Waals surface area contributed by atoms with Gasteiger partial charge in [-0.3, -0.25) is 4.79 Å². The summed E-state index contributed by atoms with van der Waals surface area (Å²) in [6, 6.07) is 16.7. The lowest BCUT2D eigenvalue weighted by molar-refractivity contribution is 0.102. The van der Waals surface area contributed by atoms with Crippen molar-refractivity contribution in [2.24, 2.45) is 0 Å². The summed E-state index contributed by atoms with van der Waals surface area (Å²) in [5, 5.41) is 6.00. The second-order valence-electron chi connectivity index (χ2n) is 5.01. The lowest BCUT2D eigenvalue weighted by atomic mass is 10.1. The molecule has 0 saturated heterocycles. The summed E-state index contributed by atoms with van der Waals surface area (Å²) in [5.41, 5.74) is 2.99. The first kappa shape index (κ1) is 14.7. The predicted octanol–water partition coefficient (Wildman–Crippen LogP) is 3.78. The molecule has 2 aromatic carbocycles. The number of amides is 1. The second kappa shape index (κ2) is 6.70. The molecule has 1 aromatic heterocycles. The molecular weight excluding hydrogens is 288 g/mol. The Hall–Kier alpha value is -3.21. The van der Waals surface area contributed by atoms with Gasteiger partial charge in [0.2, 0.25) is 5.95 Å². The van der Waals surface area contributed by atoms with Gasteiger partial charge in [-0.15, -0.1) is 0 Å². The number of carbonyl (C=O) groups is 1. The minimum Gasteiger partial charge on any atom is -0.323 e. The molecule has 0 aliphatic heterocycles. The number of para-hydroxylation sites is 2. The monoisotopic (exact) mass is 304 g/mol. The molecule has 5 nitrogen and oxygen atoms in total. The maximum absolute atomic E-state index is 12.6. The Morgan fingerprint density at radius 2 is 1.52 bits per heavy atom. The molecule has 0 aliphatic rings. The first-order valence-electron chi connectivity index (χ1n) is 7.24. The zero-order valence-electron chi connectivity index (χ0n) is 12.7. The largest absolute Gasteiger partial charge is 0.323 e. The van der Waals surface area contributed by atoms with Gasteiger partial charge < -0.3 is 10.6 Å². The molecule has 0 atom stereocenters. The lowest BCUT2D eigenvalue weighted by Crippen LogP contribution is -2.14. The summed E-state index contributed by atoms with van der Waals surface area (Å²) in [7, 11) is 0. The fourth-order valence-electron chi connectivity index (χ4n) is 2.18. The van der Waals surface area contributed by atoms with E-state index in [0.717, 1.165) is 11.3 Å². The SMILES string of the molecule is Cc1ccccc1NC(=O)c1ccccc1Nc1ncccn1. The van der Waals surface area contributed by atoms with Crippen LogP contribution in [0.25, 0.3) is 0 Å². The molecule has 0 spiro atoms. The van der Waals surface area contributed by atoms with Crippen molar-refractivity contribution in [3.63, 3.8) is 0 Å². The van der Waals surface area contributed by atoms with Gasteiger partial charge in [-0.1, -0.05) is 30.3 Å². The topological polar surface area (TPSA) is 66.9 Å². The van der Waals surface area contributed by atoms with E-state index in [2.05, 4.69) is 20.6 Å². The highest BCUT2D eigenvalue weighted by Gasteiger charge is 2.12. The Balaban J connectivity index is 1.85. The summed E-state index contributed by atoms with van der Waals surface area (Å²) in [6.45, 7) is 1.96. The van der Waals surface area contributed by atoms with E-state index in [9.17, 15) is 4.79 Å². The van der Waals surface area contributed by atoms with Crippen LogP contribution in [0.15, 0.2) is 67.0 Å². The van der Waals surface area contributed by atoms with Crippen molar-refractivity contribution < 1.29 is 4.79 Å². The summed E-state index contributed by atoms with van der Waals surface area (Å²) >= 11 is 0. The van der Waals surface area contributed by atoms with Crippen LogP contribution < -0.4 is 10.6 Å². The van der Waals surface area contributed by atoms with Crippen LogP contribution in [0.3, 0.4) is 0 Å². The average molecular weight is 304 g/mol. The standard InChI is InChI=1S/C18H16N4O/c1-13-7-2-4-9-15(13)21-17(23)14-8-3-5-10-16(14)22-18-19-11-6-12-20-18/h2-12H,1H3,(H,21,23)(H,19,20,22). The van der Waals surface area contributed by atoms with Crippen molar-refractivity contribution in [1.29, 1.82) is 0 Å². The Labute approximate surface area is 134 Å². The lowest BCUT2D eigenvalue weighted by Gasteiger charge is -2.12. The molecule has 3 rings (SSSR count). The van der Waals surface area contributed by atoms with Crippen LogP contribution in [-0.2, 0) is 0 Å². The number of hydrogen-bond acceptors (Lipinski definition) is 4. The fourth-order valence-corrected chi connectivity index (χ4v) is 2.18. The number of hydrogen-bond donors (Lipinski definition) is 2. The predicted molar refractivity (Wildman–Crippen MR) is 90.9 cm³/mol. The summed E-state index contributed by atoms with van der Waals surface area (Å²) in [4.78, 5) is 20.8. The molecule has 0 bridgehead atoms. The first-order chi connectivity index (χ1) is 11.2. The molecule has 5 heteroatoms. The molecule has 0 saturated carbocycles. The van der Waals surface area contributed by atoms with Crippen LogP contribution in [0.4, 0.5) is 17.3 Å². The van der Waals surface area contributed by atoms with Crippen molar-refractivity contribution in [2.45, 2.75) is 6.92 Å². The summed E-state index contributed by atoms with van der Waals surface area (Å²) in [5.74, 6) is 0.266. The molecule has 0 unspecified atom stereocenters. The van der Waals surface area contributed by atoms with Gasteiger partial charge in [0.15, 0.2) is 0 Å². The van der Waals surface area contributed by atoms with Crippen LogP contribution >= 0.6 is 0 Å². The van der Waals surface area contributed by atoms with Crippen molar-refractivity contribution >= 4 is 23.2 Å². The third-order valence-electron chi connectivity index (χ3n) is 3.38. The quantitative estimate of drug-likeness (QED) is 0.769. The zero-order chi connectivity index (χ0) is 16.1. The Kier molecular flexibility index (Phi) is 4.29. The zero-order valence-corrected chi connectivity index (χ0v) is 12.7. The number of carbonyl (C=O) groups excluding carboxylic acids is 1. The third kappa shape index (κ3) is 3.52. The van der Waals surface area contributed by atoms with Crippen LogP contribution in [0.1, 0.15) is 15.9 Å². The van der Waals surface area contributed by atoms with Gasteiger partial charge in [-0.2, -0.15) is 0 Å². The normalized spacial score (nSPS) is 10.1. The van der Waals surface area contributed by atoms with E-state index in [1.54, 1.807) is 24.5 Å². The van der Waals surface area contributed by atoms with Crippen LogP contribution in [0.5, 0.6) is 0 Å². The molecule has 0 radical (unpaired) electrons. The van der Waals surface area contributed by atoms with E-state index < -0.39 is 0 Å².